The minimum Gasteiger partial charge on any atom is -0.258 e. The fraction of sp³-hybridized carbons (Fsp3) is 0.154. The van der Waals surface area contributed by atoms with E-state index in [1.54, 1.807) is 12.1 Å². The molecule has 0 N–H and O–H groups in total. The van der Waals surface area contributed by atoms with Gasteiger partial charge < -0.3 is 0 Å². The van der Waals surface area contributed by atoms with Crippen LogP contribution in [-0.4, -0.2) is 4.92 Å². The minimum atomic E-state index is -4.94. The standard InChI is InChI=1S/C13H13N2O2.ClHO4/c1-10-8-9-12(15(16)17)13(14(10)2)11-6-4-3-5-7-11;2-1(3,4)5/h3-9H,1-2H3;(H,2,3,4,5)/q+1;/p-1. The lowest BCUT2D eigenvalue weighted by molar-refractivity contribution is -2.00. The van der Waals surface area contributed by atoms with Crippen LogP contribution >= 0.6 is 0 Å². The van der Waals surface area contributed by atoms with Gasteiger partial charge in [-0.25, -0.2) is 18.6 Å². The molecule has 0 atom stereocenters. The second-order valence-electron chi connectivity index (χ2n) is 4.27. The molecule has 22 heavy (non-hydrogen) atoms. The van der Waals surface area contributed by atoms with Gasteiger partial charge in [-0.1, -0.05) is 18.2 Å². The van der Waals surface area contributed by atoms with Gasteiger partial charge in [0.2, 0.25) is 0 Å². The van der Waals surface area contributed by atoms with Crippen molar-refractivity contribution >= 4 is 5.69 Å². The second kappa shape index (κ2) is 7.25. The first-order chi connectivity index (χ1) is 10.1. The number of hydrogen-bond acceptors (Lipinski definition) is 6. The van der Waals surface area contributed by atoms with E-state index in [-0.39, 0.29) is 10.6 Å². The Morgan fingerprint density at radius 3 is 1.95 bits per heavy atom. The summed E-state index contributed by atoms with van der Waals surface area (Å²) >= 11 is 0. The fourth-order valence-electron chi connectivity index (χ4n) is 1.82. The molecule has 0 aliphatic rings. The van der Waals surface area contributed by atoms with Gasteiger partial charge in [0, 0.05) is 19.1 Å². The van der Waals surface area contributed by atoms with E-state index in [0.29, 0.717) is 5.69 Å². The van der Waals surface area contributed by atoms with Crippen LogP contribution < -0.4 is 23.2 Å². The molecular formula is C13H13ClN2O6. The van der Waals surface area contributed by atoms with Crippen LogP contribution in [-0.2, 0) is 7.05 Å². The normalized spacial score (nSPS) is 10.6. The van der Waals surface area contributed by atoms with Gasteiger partial charge in [0.1, 0.15) is 7.05 Å². The lowest BCUT2D eigenvalue weighted by Crippen LogP contribution is -2.68. The number of aromatic nitrogens is 1. The molecule has 0 saturated heterocycles. The van der Waals surface area contributed by atoms with Crippen molar-refractivity contribution in [3.63, 3.8) is 0 Å². The Morgan fingerprint density at radius 1 is 1.00 bits per heavy atom. The zero-order valence-electron chi connectivity index (χ0n) is 11.8. The highest BCUT2D eigenvalue weighted by molar-refractivity contribution is 5.66. The Labute approximate surface area is 128 Å². The average molecular weight is 329 g/mol. The molecule has 0 unspecified atom stereocenters. The Morgan fingerprint density at radius 2 is 1.50 bits per heavy atom. The Bertz CT molecular complexity index is 652. The van der Waals surface area contributed by atoms with Gasteiger partial charge >= 0.3 is 5.69 Å². The summed E-state index contributed by atoms with van der Waals surface area (Å²) in [6.07, 6.45) is 0. The van der Waals surface area contributed by atoms with Crippen molar-refractivity contribution < 1.29 is 38.4 Å². The molecule has 9 heteroatoms. The predicted molar refractivity (Wildman–Crippen MR) is 64.4 cm³/mol. The molecule has 1 aromatic carbocycles. The first kappa shape index (κ1) is 18.0. The number of benzene rings is 1. The highest BCUT2D eigenvalue weighted by Gasteiger charge is 2.25. The molecule has 0 radical (unpaired) electrons. The Balaban J connectivity index is 0.000000422. The summed E-state index contributed by atoms with van der Waals surface area (Å²) in [5, 5.41) is 11.1. The van der Waals surface area contributed by atoms with Crippen LogP contribution in [0, 0.1) is 27.3 Å². The number of halogens is 1. The lowest BCUT2D eigenvalue weighted by Gasteiger charge is -2.17. The van der Waals surface area contributed by atoms with E-state index < -0.39 is 10.2 Å². The van der Waals surface area contributed by atoms with Crippen LogP contribution in [0.2, 0.25) is 0 Å². The van der Waals surface area contributed by atoms with Crippen molar-refractivity contribution in [1.82, 2.24) is 0 Å². The van der Waals surface area contributed by atoms with E-state index in [1.807, 2.05) is 48.9 Å². The molecule has 0 saturated carbocycles. The maximum Gasteiger partial charge on any atom is 0.340 e. The van der Waals surface area contributed by atoms with Crippen LogP contribution in [0.15, 0.2) is 42.5 Å². The molecule has 0 spiro atoms. The summed E-state index contributed by atoms with van der Waals surface area (Å²) in [4.78, 5) is 10.7. The lowest BCUT2D eigenvalue weighted by atomic mass is 10.1. The highest BCUT2D eigenvalue weighted by atomic mass is 35.7. The molecular weight excluding hydrogens is 316 g/mol. The van der Waals surface area contributed by atoms with Crippen molar-refractivity contribution in [3.05, 3.63) is 58.3 Å². The monoisotopic (exact) mass is 328 g/mol. The number of pyridine rings is 1. The molecule has 118 valence electrons. The Kier molecular flexibility index (Phi) is 5.92. The van der Waals surface area contributed by atoms with Crippen molar-refractivity contribution in [2.45, 2.75) is 6.92 Å². The molecule has 0 amide bonds. The van der Waals surface area contributed by atoms with Gasteiger partial charge in [0.25, 0.3) is 5.69 Å². The zero-order valence-corrected chi connectivity index (χ0v) is 12.5. The van der Waals surface area contributed by atoms with Crippen LogP contribution in [0.4, 0.5) is 5.69 Å². The van der Waals surface area contributed by atoms with Crippen LogP contribution in [0.1, 0.15) is 5.69 Å². The summed E-state index contributed by atoms with van der Waals surface area (Å²) in [6, 6.07) is 12.7. The van der Waals surface area contributed by atoms with Crippen molar-refractivity contribution in [1.29, 1.82) is 0 Å². The summed E-state index contributed by atoms with van der Waals surface area (Å²) in [6.45, 7) is 1.93. The summed E-state index contributed by atoms with van der Waals surface area (Å²) in [5.74, 6) is 0. The molecule has 0 fully saturated rings. The van der Waals surface area contributed by atoms with E-state index in [0.717, 1.165) is 11.3 Å². The van der Waals surface area contributed by atoms with E-state index in [9.17, 15) is 10.1 Å². The van der Waals surface area contributed by atoms with Crippen molar-refractivity contribution in [2.24, 2.45) is 7.05 Å². The number of nitro groups is 1. The third-order valence-corrected chi connectivity index (χ3v) is 2.83. The van der Waals surface area contributed by atoms with Gasteiger partial charge in [-0.2, -0.15) is 4.57 Å². The largest absolute Gasteiger partial charge is 0.340 e. The molecule has 1 aromatic heterocycles. The number of rotatable bonds is 2. The number of nitrogens with zero attached hydrogens (tertiary/aromatic N) is 2. The van der Waals surface area contributed by atoms with E-state index in [4.69, 9.17) is 18.6 Å². The first-order valence-electron chi connectivity index (χ1n) is 5.92. The molecule has 2 rings (SSSR count). The number of aryl methyl sites for hydroxylation is 1. The van der Waals surface area contributed by atoms with E-state index >= 15 is 0 Å². The molecule has 2 aromatic rings. The van der Waals surface area contributed by atoms with Gasteiger partial charge in [-0.05, 0) is 12.1 Å². The minimum absolute atomic E-state index is 0.129. The highest BCUT2D eigenvalue weighted by Crippen LogP contribution is 2.26. The van der Waals surface area contributed by atoms with Crippen molar-refractivity contribution in [2.75, 3.05) is 0 Å². The third-order valence-electron chi connectivity index (χ3n) is 2.83. The zero-order chi connectivity index (χ0) is 16.9. The molecule has 0 aliphatic carbocycles. The van der Waals surface area contributed by atoms with Crippen molar-refractivity contribution in [3.8, 4) is 11.3 Å². The van der Waals surface area contributed by atoms with Crippen LogP contribution in [0.3, 0.4) is 0 Å². The van der Waals surface area contributed by atoms with Crippen LogP contribution in [0.25, 0.3) is 11.3 Å². The maximum atomic E-state index is 11.1. The fourth-order valence-corrected chi connectivity index (χ4v) is 1.82. The molecule has 0 aliphatic heterocycles. The topological polar surface area (TPSA) is 139 Å². The smallest absolute Gasteiger partial charge is 0.258 e. The van der Waals surface area contributed by atoms with E-state index in [2.05, 4.69) is 0 Å². The summed E-state index contributed by atoms with van der Waals surface area (Å²) < 4.78 is 35.8. The van der Waals surface area contributed by atoms with Gasteiger partial charge in [-0.3, -0.25) is 10.1 Å². The van der Waals surface area contributed by atoms with Gasteiger partial charge in [-0.15, -0.1) is 10.2 Å². The molecule has 1 heterocycles. The first-order valence-corrected chi connectivity index (χ1v) is 7.16. The maximum absolute atomic E-state index is 11.1. The third kappa shape index (κ3) is 5.35. The SMILES string of the molecule is Cc1ccc([N+](=O)[O-])c(-c2ccccc2)[n+]1C.[O-][Cl+3]([O-])([O-])[O-]. The quantitative estimate of drug-likeness (QED) is 0.343. The average Bonchev–Trinajstić information content (AvgIpc) is 2.40. The Hall–Kier alpha value is -2.10. The summed E-state index contributed by atoms with van der Waals surface area (Å²) in [5.41, 5.74) is 2.60. The van der Waals surface area contributed by atoms with Gasteiger partial charge in [0.05, 0.1) is 10.5 Å². The predicted octanol–water partition coefficient (Wildman–Crippen LogP) is -2.36. The van der Waals surface area contributed by atoms with Gasteiger partial charge in [0.15, 0.2) is 5.69 Å². The van der Waals surface area contributed by atoms with E-state index in [1.165, 1.54) is 0 Å². The summed E-state index contributed by atoms with van der Waals surface area (Å²) in [7, 11) is -3.11. The number of hydrogen-bond donors (Lipinski definition) is 0. The molecule has 8 nitrogen and oxygen atoms in total. The van der Waals surface area contributed by atoms with Crippen LogP contribution in [0.5, 0.6) is 0 Å². The molecule has 0 bridgehead atoms. The second-order valence-corrected chi connectivity index (χ2v) is 5.02.